The predicted octanol–water partition coefficient (Wildman–Crippen LogP) is 2.36. The number of benzene rings is 1. The van der Waals surface area contributed by atoms with Gasteiger partial charge < -0.3 is 4.90 Å². The minimum atomic E-state index is -3.52. The fourth-order valence-electron chi connectivity index (χ4n) is 2.18. The molecule has 0 N–H and O–H groups in total. The van der Waals surface area contributed by atoms with Gasteiger partial charge in [-0.1, -0.05) is 23.7 Å². The second-order valence-corrected chi connectivity index (χ2v) is 5.42. The number of pyridine rings is 1. The molecule has 7 heteroatoms. The van der Waals surface area contributed by atoms with E-state index in [1.165, 1.54) is 0 Å². The number of nitrogens with zero attached hydrogens (tertiary/aromatic N) is 5. The average molecular weight is 388 g/mol. The Morgan fingerprint density at radius 3 is 2.92 bits per heavy atom. The first-order chi connectivity index (χ1) is 19.0. The summed E-state index contributed by atoms with van der Waals surface area (Å²) in [7, 11) is 0. The van der Waals surface area contributed by atoms with E-state index < -0.39 is 116 Å². The molecule has 0 bridgehead atoms. The zero-order valence-electron chi connectivity index (χ0n) is 29.1. The van der Waals surface area contributed by atoms with Gasteiger partial charge in [0, 0.05) is 67.0 Å². The van der Waals surface area contributed by atoms with E-state index in [9.17, 15) is 4.79 Å². The molecule has 136 valence electrons. The lowest BCUT2D eigenvalue weighted by Crippen LogP contribution is -2.46. The van der Waals surface area contributed by atoms with E-state index in [2.05, 4.69) is 5.10 Å². The Hall–Kier alpha value is -2.31. The first kappa shape index (κ1) is 6.69. The van der Waals surface area contributed by atoms with Gasteiger partial charge in [-0.2, -0.15) is 0 Å². The molecular formula is C19H22ClN5O. The molecule has 1 aliphatic heterocycles. The van der Waals surface area contributed by atoms with Crippen LogP contribution >= 0.6 is 11.6 Å². The summed E-state index contributed by atoms with van der Waals surface area (Å²) < 4.78 is 133. The standard InChI is InChI=1S/C19H22ClN5O/c20-16-5-3-6-17(15-16)23-13-11-22(12-14-23)8-4-10-25-19(26)24-9-2-1-7-18(24)21-25/h1-3,5-7,9,15H,4,8,10-14H2/i1D,2D,3D,4D2,5D,6D,7D,8D2,9D,11D2,12D2,15D. The maximum Gasteiger partial charge on any atom is 0.350 e. The summed E-state index contributed by atoms with van der Waals surface area (Å²) in [5.74, 6) is 0. The lowest BCUT2D eigenvalue weighted by Gasteiger charge is -2.36. The predicted molar refractivity (Wildman–Crippen MR) is 104 cm³/mol. The quantitative estimate of drug-likeness (QED) is 0.674. The van der Waals surface area contributed by atoms with Crippen molar-refractivity contribution >= 4 is 22.9 Å². The molecule has 0 radical (unpaired) electrons. The highest BCUT2D eigenvalue weighted by Crippen LogP contribution is 2.20. The Morgan fingerprint density at radius 1 is 1.23 bits per heavy atom. The van der Waals surface area contributed by atoms with Crippen LogP contribution in [0.1, 0.15) is 28.3 Å². The average Bonchev–Trinajstić information content (AvgIpc) is 3.17. The number of hydrogen-bond acceptors (Lipinski definition) is 4. The van der Waals surface area contributed by atoms with E-state index in [4.69, 9.17) is 33.5 Å². The van der Waals surface area contributed by atoms with Gasteiger partial charge in [-0.25, -0.2) is 9.48 Å². The molecule has 1 fully saturated rings. The van der Waals surface area contributed by atoms with Crippen molar-refractivity contribution in [1.82, 2.24) is 19.1 Å². The van der Waals surface area contributed by atoms with Crippen molar-refractivity contribution in [2.75, 3.05) is 37.5 Å². The molecule has 0 aliphatic carbocycles. The number of halogens is 1. The number of aromatic nitrogens is 3. The Morgan fingerprint density at radius 2 is 2.08 bits per heavy atom. The minimum absolute atomic E-state index is 0.00467. The van der Waals surface area contributed by atoms with Gasteiger partial charge in [0.15, 0.2) is 5.65 Å². The largest absolute Gasteiger partial charge is 0.369 e. The highest BCUT2D eigenvalue weighted by atomic mass is 35.5. The number of fused-ring (bicyclic) bond motifs is 1. The summed E-state index contributed by atoms with van der Waals surface area (Å²) in [6, 6.07) is -4.86. The molecule has 1 aliphatic rings. The number of hydrogen-bond donors (Lipinski definition) is 0. The molecule has 4 rings (SSSR count). The van der Waals surface area contributed by atoms with Crippen LogP contribution in [0.2, 0.25) is 5.02 Å². The number of aryl methyl sites for hydroxylation is 1. The third kappa shape index (κ3) is 3.61. The molecule has 1 aromatic carbocycles. The van der Waals surface area contributed by atoms with E-state index in [1.807, 2.05) is 0 Å². The molecule has 0 amide bonds. The summed E-state index contributed by atoms with van der Waals surface area (Å²) in [5.41, 5.74) is -2.27. The van der Waals surface area contributed by atoms with Gasteiger partial charge in [0.1, 0.15) is 0 Å². The summed E-state index contributed by atoms with van der Waals surface area (Å²) in [4.78, 5) is 13.8. The lowest BCUT2D eigenvalue weighted by molar-refractivity contribution is 0.248. The van der Waals surface area contributed by atoms with Crippen LogP contribution in [0.4, 0.5) is 5.69 Å². The lowest BCUT2D eigenvalue weighted by atomic mass is 10.2. The van der Waals surface area contributed by atoms with Crippen LogP contribution in [0, 0.1) is 0 Å². The highest BCUT2D eigenvalue weighted by molar-refractivity contribution is 6.30. The van der Waals surface area contributed by atoms with Crippen LogP contribution in [-0.4, -0.2) is 51.7 Å². The van der Waals surface area contributed by atoms with Crippen molar-refractivity contribution in [2.45, 2.75) is 12.9 Å². The smallest absolute Gasteiger partial charge is 0.350 e. The van der Waals surface area contributed by atoms with Crippen molar-refractivity contribution in [3.63, 3.8) is 0 Å². The first-order valence-electron chi connectivity index (χ1n) is 15.4. The van der Waals surface area contributed by atoms with E-state index >= 15 is 0 Å². The third-order valence-electron chi connectivity index (χ3n) is 3.40. The molecule has 1 saturated heterocycles. The van der Waals surface area contributed by atoms with E-state index in [-0.39, 0.29) is 4.90 Å². The molecule has 0 unspecified atom stereocenters. The molecule has 6 nitrogen and oxygen atoms in total. The maximum atomic E-state index is 12.9. The van der Waals surface area contributed by atoms with Gasteiger partial charge in [-0.3, -0.25) is 9.30 Å². The third-order valence-corrected chi connectivity index (χ3v) is 3.59. The molecule has 2 aromatic heterocycles. The molecule has 0 spiro atoms. The normalized spacial score (nSPS) is 29.5. The second-order valence-electron chi connectivity index (χ2n) is 5.04. The summed E-state index contributed by atoms with van der Waals surface area (Å²) in [6.45, 7) is -12.7. The first-order valence-corrected chi connectivity index (χ1v) is 7.74. The van der Waals surface area contributed by atoms with Gasteiger partial charge in [0.2, 0.25) is 0 Å². The van der Waals surface area contributed by atoms with Crippen molar-refractivity contribution < 1.29 is 21.9 Å². The fourth-order valence-corrected chi connectivity index (χ4v) is 2.32. The Balaban J connectivity index is 1.76. The van der Waals surface area contributed by atoms with Crippen molar-refractivity contribution in [1.29, 1.82) is 0 Å². The Labute approximate surface area is 179 Å². The molecule has 3 aromatic rings. The van der Waals surface area contributed by atoms with E-state index in [0.717, 1.165) is 4.90 Å². The molecule has 26 heavy (non-hydrogen) atoms. The van der Waals surface area contributed by atoms with Crippen LogP contribution in [0.3, 0.4) is 0 Å². The van der Waals surface area contributed by atoms with Crippen LogP contribution in [-0.2, 0) is 6.54 Å². The van der Waals surface area contributed by atoms with Crippen LogP contribution in [0.5, 0.6) is 0 Å². The monoisotopic (exact) mass is 387 g/mol. The van der Waals surface area contributed by atoms with Gasteiger partial charge in [0.25, 0.3) is 0 Å². The molecule has 0 saturated carbocycles. The van der Waals surface area contributed by atoms with E-state index in [1.54, 1.807) is 0 Å². The summed E-state index contributed by atoms with van der Waals surface area (Å²) in [6.07, 6.45) is -4.09. The van der Waals surface area contributed by atoms with Gasteiger partial charge in [0.05, 0.1) is 11.0 Å². The zero-order chi connectivity index (χ0) is 32.1. The van der Waals surface area contributed by atoms with Gasteiger partial charge >= 0.3 is 5.69 Å². The summed E-state index contributed by atoms with van der Waals surface area (Å²) >= 11 is 5.95. The fraction of sp³-hybridized carbons (Fsp3) is 0.368. The van der Waals surface area contributed by atoms with Crippen LogP contribution in [0.25, 0.3) is 5.65 Å². The van der Waals surface area contributed by atoms with Crippen molar-refractivity contribution in [2.24, 2.45) is 0 Å². The molecular weight excluding hydrogens is 350 g/mol. The minimum Gasteiger partial charge on any atom is -0.369 e. The molecule has 3 heterocycles. The van der Waals surface area contributed by atoms with Crippen LogP contribution < -0.4 is 10.6 Å². The highest BCUT2D eigenvalue weighted by Gasteiger charge is 2.17. The Kier molecular flexibility index (Phi) is 1.93. The van der Waals surface area contributed by atoms with E-state index in [0.29, 0.717) is 9.08 Å². The maximum absolute atomic E-state index is 12.9. The Bertz CT molecular complexity index is 1620. The topological polar surface area (TPSA) is 45.8 Å². The second kappa shape index (κ2) is 7.51. The van der Waals surface area contributed by atoms with Gasteiger partial charge in [-0.05, 0) is 36.6 Å². The van der Waals surface area contributed by atoms with Gasteiger partial charge in [-0.15, -0.1) is 5.10 Å². The summed E-state index contributed by atoms with van der Waals surface area (Å²) in [5, 5.41) is 3.21. The van der Waals surface area contributed by atoms with Crippen molar-refractivity contribution in [3.8, 4) is 0 Å². The number of rotatable bonds is 5. The van der Waals surface area contributed by atoms with Crippen LogP contribution in [0.15, 0.2) is 53.3 Å². The van der Waals surface area contributed by atoms with Crippen molar-refractivity contribution in [3.05, 3.63) is 64.0 Å². The zero-order valence-corrected chi connectivity index (χ0v) is 13.9. The SMILES string of the molecule is [2H]c1c([2H])c(Cl)c([2H])c(N2CC([2H])([2H])N(C([2H])([2H])C([2H])([2H])Cn3nc4c([2H])c([2H])c([2H])c([2H])n4c3=O)C([2H])([2H])C2)c1[2H]. The number of anilines is 1. The number of piperazine rings is 1. The molecule has 0 atom stereocenters.